The molecule has 7 nitrogen and oxygen atoms in total. The number of carbonyl (C=O) groups is 1. The van der Waals surface area contributed by atoms with Gasteiger partial charge in [0.05, 0.1) is 12.3 Å². The number of amides is 2. The van der Waals surface area contributed by atoms with Crippen LogP contribution in [-0.2, 0) is 6.54 Å². The van der Waals surface area contributed by atoms with Crippen molar-refractivity contribution < 1.29 is 14.3 Å². The van der Waals surface area contributed by atoms with Gasteiger partial charge in [0.25, 0.3) is 0 Å². The lowest BCUT2D eigenvalue weighted by Gasteiger charge is -2.10. The van der Waals surface area contributed by atoms with E-state index in [1.165, 1.54) is 0 Å². The van der Waals surface area contributed by atoms with Crippen LogP contribution in [-0.4, -0.2) is 22.6 Å². The molecule has 0 aliphatic heterocycles. The summed E-state index contributed by atoms with van der Waals surface area (Å²) in [5.41, 5.74) is 1.28. The van der Waals surface area contributed by atoms with Gasteiger partial charge in [0.1, 0.15) is 11.5 Å². The van der Waals surface area contributed by atoms with Crippen molar-refractivity contribution in [3.05, 3.63) is 71.6 Å². The van der Waals surface area contributed by atoms with Crippen LogP contribution in [0, 0.1) is 0 Å². The fourth-order valence-electron chi connectivity index (χ4n) is 2.34. The van der Waals surface area contributed by atoms with E-state index in [4.69, 9.17) is 21.1 Å². The van der Waals surface area contributed by atoms with Gasteiger partial charge in [0, 0.05) is 25.0 Å². The largest absolute Gasteiger partial charge is 0.494 e. The van der Waals surface area contributed by atoms with Gasteiger partial charge < -0.3 is 20.1 Å². The number of benzene rings is 1. The average molecular weight is 399 g/mol. The topological polar surface area (TPSA) is 85.4 Å². The van der Waals surface area contributed by atoms with Crippen molar-refractivity contribution in [2.45, 2.75) is 13.5 Å². The van der Waals surface area contributed by atoms with Crippen LogP contribution >= 0.6 is 11.6 Å². The summed E-state index contributed by atoms with van der Waals surface area (Å²) in [4.78, 5) is 20.1. The quantitative estimate of drug-likeness (QED) is 0.566. The number of nitrogens with one attached hydrogen (secondary N) is 2. The van der Waals surface area contributed by atoms with Gasteiger partial charge in [-0.3, -0.25) is 0 Å². The zero-order valence-electron chi connectivity index (χ0n) is 15.2. The number of anilines is 1. The summed E-state index contributed by atoms with van der Waals surface area (Å²) in [5, 5.41) is 5.63. The first kappa shape index (κ1) is 19.4. The molecule has 144 valence electrons. The summed E-state index contributed by atoms with van der Waals surface area (Å²) in [6, 6.07) is 13.8. The van der Waals surface area contributed by atoms with Crippen molar-refractivity contribution >= 4 is 23.3 Å². The molecule has 2 heterocycles. The fraction of sp³-hybridized carbons (Fsp3) is 0.150. The molecule has 0 saturated carbocycles. The molecular formula is C20H19ClN4O3. The second-order valence-electron chi connectivity index (χ2n) is 5.66. The fourth-order valence-corrected chi connectivity index (χ4v) is 2.50. The van der Waals surface area contributed by atoms with Gasteiger partial charge in [-0.1, -0.05) is 11.6 Å². The first-order chi connectivity index (χ1) is 13.6. The Morgan fingerprint density at radius 1 is 1.07 bits per heavy atom. The first-order valence-corrected chi connectivity index (χ1v) is 9.03. The summed E-state index contributed by atoms with van der Waals surface area (Å²) in [5.74, 6) is 1.85. The maximum Gasteiger partial charge on any atom is 0.319 e. The van der Waals surface area contributed by atoms with Gasteiger partial charge in [0.2, 0.25) is 5.88 Å². The van der Waals surface area contributed by atoms with E-state index in [0.29, 0.717) is 30.5 Å². The number of pyridine rings is 2. The number of ether oxygens (including phenoxy) is 2. The molecule has 28 heavy (non-hydrogen) atoms. The van der Waals surface area contributed by atoms with E-state index in [9.17, 15) is 4.79 Å². The van der Waals surface area contributed by atoms with E-state index in [1.54, 1.807) is 36.7 Å². The second-order valence-corrected chi connectivity index (χ2v) is 6.02. The van der Waals surface area contributed by atoms with Crippen molar-refractivity contribution in [3.8, 4) is 17.4 Å². The van der Waals surface area contributed by atoms with Crippen LogP contribution in [0.5, 0.6) is 17.4 Å². The molecule has 8 heteroatoms. The molecule has 0 aliphatic rings. The molecular weight excluding hydrogens is 380 g/mol. The predicted octanol–water partition coefficient (Wildman–Crippen LogP) is 4.64. The molecule has 0 bridgehead atoms. The van der Waals surface area contributed by atoms with Gasteiger partial charge in [-0.25, -0.2) is 14.8 Å². The van der Waals surface area contributed by atoms with Crippen LogP contribution in [0.15, 0.2) is 60.9 Å². The monoisotopic (exact) mass is 398 g/mol. The number of aromatic nitrogens is 2. The number of nitrogens with zero attached hydrogens (tertiary/aromatic N) is 2. The molecule has 3 rings (SSSR count). The van der Waals surface area contributed by atoms with Crippen LogP contribution in [0.1, 0.15) is 12.5 Å². The molecule has 0 saturated heterocycles. The van der Waals surface area contributed by atoms with E-state index >= 15 is 0 Å². The molecule has 2 aromatic heterocycles. The summed E-state index contributed by atoms with van der Waals surface area (Å²) >= 11 is 5.92. The third kappa shape index (κ3) is 5.59. The molecule has 0 spiro atoms. The Morgan fingerprint density at radius 2 is 1.86 bits per heavy atom. The molecule has 2 N–H and O–H groups in total. The van der Waals surface area contributed by atoms with E-state index in [2.05, 4.69) is 20.6 Å². The van der Waals surface area contributed by atoms with Crippen LogP contribution in [0.2, 0.25) is 5.15 Å². The standard InChI is InChI=1S/C20H19ClN4O3/c1-2-27-15-5-7-16(8-6-15)28-18-12-14(9-11-22-18)13-24-20(26)25-17-4-3-10-23-19(17)21/h3-12H,2,13H2,1H3,(H2,24,25,26). The number of halogens is 1. The highest BCUT2D eigenvalue weighted by Crippen LogP contribution is 2.23. The summed E-state index contributed by atoms with van der Waals surface area (Å²) < 4.78 is 11.2. The van der Waals surface area contributed by atoms with E-state index < -0.39 is 0 Å². The Morgan fingerprint density at radius 3 is 2.61 bits per heavy atom. The molecule has 2 amide bonds. The van der Waals surface area contributed by atoms with Gasteiger partial charge in [-0.2, -0.15) is 0 Å². The molecule has 0 radical (unpaired) electrons. The zero-order chi connectivity index (χ0) is 19.8. The van der Waals surface area contributed by atoms with Gasteiger partial charge >= 0.3 is 6.03 Å². The molecule has 0 aliphatic carbocycles. The molecule has 3 aromatic rings. The normalized spacial score (nSPS) is 10.2. The van der Waals surface area contributed by atoms with Crippen molar-refractivity contribution in [3.63, 3.8) is 0 Å². The van der Waals surface area contributed by atoms with Crippen molar-refractivity contribution in [1.29, 1.82) is 0 Å². The minimum atomic E-state index is -0.388. The molecule has 0 atom stereocenters. The Balaban J connectivity index is 1.55. The Bertz CT molecular complexity index is 935. The van der Waals surface area contributed by atoms with Crippen LogP contribution in [0.3, 0.4) is 0 Å². The summed E-state index contributed by atoms with van der Waals surface area (Å²) in [7, 11) is 0. The zero-order valence-corrected chi connectivity index (χ0v) is 15.9. The van der Waals surface area contributed by atoms with Crippen LogP contribution in [0.25, 0.3) is 0 Å². The SMILES string of the molecule is CCOc1ccc(Oc2cc(CNC(=O)Nc3cccnc3Cl)ccn2)cc1. The predicted molar refractivity (Wildman–Crippen MR) is 107 cm³/mol. The number of urea groups is 1. The van der Waals surface area contributed by atoms with E-state index in [-0.39, 0.29) is 11.2 Å². The number of rotatable bonds is 7. The average Bonchev–Trinajstić information content (AvgIpc) is 2.70. The third-order valence-corrected chi connectivity index (χ3v) is 3.92. The maximum atomic E-state index is 12.0. The lowest BCUT2D eigenvalue weighted by molar-refractivity contribution is 0.251. The first-order valence-electron chi connectivity index (χ1n) is 8.65. The highest BCUT2D eigenvalue weighted by Gasteiger charge is 2.07. The lowest BCUT2D eigenvalue weighted by atomic mass is 10.2. The van der Waals surface area contributed by atoms with Crippen molar-refractivity contribution in [1.82, 2.24) is 15.3 Å². The highest BCUT2D eigenvalue weighted by molar-refractivity contribution is 6.32. The number of carbonyl (C=O) groups excluding carboxylic acids is 1. The van der Waals surface area contributed by atoms with E-state index in [0.717, 1.165) is 11.3 Å². The Kier molecular flexibility index (Phi) is 6.64. The summed E-state index contributed by atoms with van der Waals surface area (Å²) in [6.45, 7) is 2.84. The number of hydrogen-bond acceptors (Lipinski definition) is 5. The molecule has 1 aromatic carbocycles. The minimum Gasteiger partial charge on any atom is -0.494 e. The third-order valence-electron chi connectivity index (χ3n) is 3.62. The Labute approximate surface area is 167 Å². The Hall–Kier alpha value is -3.32. The second kappa shape index (κ2) is 9.57. The van der Waals surface area contributed by atoms with E-state index in [1.807, 2.05) is 31.2 Å². The lowest BCUT2D eigenvalue weighted by Crippen LogP contribution is -2.28. The van der Waals surface area contributed by atoms with Crippen LogP contribution < -0.4 is 20.1 Å². The maximum absolute atomic E-state index is 12.0. The molecule has 0 fully saturated rings. The number of hydrogen-bond donors (Lipinski definition) is 2. The van der Waals surface area contributed by atoms with Gasteiger partial charge in [-0.15, -0.1) is 0 Å². The summed E-state index contributed by atoms with van der Waals surface area (Å²) in [6.07, 6.45) is 3.17. The molecule has 0 unspecified atom stereocenters. The van der Waals surface area contributed by atoms with Crippen molar-refractivity contribution in [2.24, 2.45) is 0 Å². The smallest absolute Gasteiger partial charge is 0.319 e. The van der Waals surface area contributed by atoms with Crippen molar-refractivity contribution in [2.75, 3.05) is 11.9 Å². The van der Waals surface area contributed by atoms with Gasteiger partial charge in [-0.05, 0) is 55.0 Å². The van der Waals surface area contributed by atoms with Crippen LogP contribution in [0.4, 0.5) is 10.5 Å². The minimum absolute atomic E-state index is 0.229. The van der Waals surface area contributed by atoms with Gasteiger partial charge in [0.15, 0.2) is 5.15 Å². The highest BCUT2D eigenvalue weighted by atomic mass is 35.5.